The number of hydrogen-bond acceptors (Lipinski definition) is 2. The highest BCUT2D eigenvalue weighted by molar-refractivity contribution is 4.96. The van der Waals surface area contributed by atoms with Crippen LogP contribution in [0.1, 0.15) is 26.7 Å². The molecule has 0 aliphatic carbocycles. The minimum Gasteiger partial charge on any atom is -0.467 e. The van der Waals surface area contributed by atoms with Crippen LogP contribution in [-0.4, -0.2) is 12.4 Å². The molecule has 0 amide bonds. The Hall–Kier alpha value is -0.500. The Balaban J connectivity index is 2.44. The molecule has 0 spiro atoms. The Bertz CT molecular complexity index is 131. The van der Waals surface area contributed by atoms with E-state index in [0.717, 1.165) is 18.6 Å². The predicted molar refractivity (Wildman–Crippen MR) is 39.5 cm³/mol. The van der Waals surface area contributed by atoms with Crippen LogP contribution >= 0.6 is 0 Å². The summed E-state index contributed by atoms with van der Waals surface area (Å²) in [5.74, 6) is 0.786. The summed E-state index contributed by atoms with van der Waals surface area (Å²) in [6.45, 7) is 7.86. The summed E-state index contributed by atoms with van der Waals surface area (Å²) in [6, 6.07) is 0. The normalized spacial score (nSPS) is 32.4. The molecule has 0 saturated carbocycles. The van der Waals surface area contributed by atoms with Gasteiger partial charge in [-0.2, -0.15) is 0 Å². The summed E-state index contributed by atoms with van der Waals surface area (Å²) in [7, 11) is 0. The fourth-order valence-corrected chi connectivity index (χ4v) is 1.04. The molecule has 0 N–H and O–H groups in total. The van der Waals surface area contributed by atoms with Crippen molar-refractivity contribution in [2.75, 3.05) is 0 Å². The fraction of sp³-hybridized carbons (Fsp3) is 0.750. The van der Waals surface area contributed by atoms with E-state index in [-0.39, 0.29) is 12.4 Å². The first-order valence-electron chi connectivity index (χ1n) is 3.78. The van der Waals surface area contributed by atoms with E-state index in [1.165, 1.54) is 0 Å². The van der Waals surface area contributed by atoms with Crippen molar-refractivity contribution in [2.45, 2.75) is 39.1 Å². The molecule has 2 atom stereocenters. The molecule has 0 aromatic heterocycles. The fourth-order valence-electron chi connectivity index (χ4n) is 1.04. The Morgan fingerprint density at radius 1 is 1.40 bits per heavy atom. The van der Waals surface area contributed by atoms with Gasteiger partial charge < -0.3 is 9.47 Å². The second kappa shape index (κ2) is 3.06. The van der Waals surface area contributed by atoms with Crippen LogP contribution in [0.3, 0.4) is 0 Å². The molecule has 0 aromatic rings. The van der Waals surface area contributed by atoms with Crippen molar-refractivity contribution in [2.24, 2.45) is 0 Å². The highest BCUT2D eigenvalue weighted by Crippen LogP contribution is 2.24. The lowest BCUT2D eigenvalue weighted by Gasteiger charge is -2.04. The third-order valence-corrected chi connectivity index (χ3v) is 1.66. The van der Waals surface area contributed by atoms with Gasteiger partial charge in [0.15, 0.2) is 6.29 Å². The second-order valence-corrected chi connectivity index (χ2v) is 2.45. The maximum Gasteiger partial charge on any atom is 0.200 e. The van der Waals surface area contributed by atoms with Crippen molar-refractivity contribution in [1.29, 1.82) is 0 Å². The van der Waals surface area contributed by atoms with Crippen LogP contribution < -0.4 is 0 Å². The van der Waals surface area contributed by atoms with Crippen molar-refractivity contribution in [3.8, 4) is 0 Å². The first-order valence-corrected chi connectivity index (χ1v) is 3.78. The van der Waals surface area contributed by atoms with Gasteiger partial charge >= 0.3 is 0 Å². The zero-order valence-electron chi connectivity index (χ0n) is 6.59. The van der Waals surface area contributed by atoms with Gasteiger partial charge in [0.1, 0.15) is 11.9 Å². The van der Waals surface area contributed by atoms with Crippen LogP contribution in [0.25, 0.3) is 0 Å². The smallest absolute Gasteiger partial charge is 0.200 e. The van der Waals surface area contributed by atoms with Crippen molar-refractivity contribution < 1.29 is 9.47 Å². The Kier molecular flexibility index (Phi) is 2.33. The van der Waals surface area contributed by atoms with E-state index in [0.29, 0.717) is 0 Å². The molecule has 0 radical (unpaired) electrons. The quantitative estimate of drug-likeness (QED) is 0.587. The molecule has 58 valence electrons. The molecule has 1 aliphatic rings. The van der Waals surface area contributed by atoms with Crippen LogP contribution in [0.15, 0.2) is 12.3 Å². The SMILES string of the molecule is C=C1OC(CC)OC1CC. The van der Waals surface area contributed by atoms with E-state index in [9.17, 15) is 0 Å². The second-order valence-electron chi connectivity index (χ2n) is 2.45. The summed E-state index contributed by atoms with van der Waals surface area (Å²) in [6.07, 6.45) is 1.94. The average molecular weight is 142 g/mol. The molecule has 1 aliphatic heterocycles. The zero-order valence-corrected chi connectivity index (χ0v) is 6.59. The highest BCUT2D eigenvalue weighted by atomic mass is 16.7. The van der Waals surface area contributed by atoms with Gasteiger partial charge in [-0.15, -0.1) is 0 Å². The third kappa shape index (κ3) is 1.32. The molecule has 2 nitrogen and oxygen atoms in total. The monoisotopic (exact) mass is 142 g/mol. The van der Waals surface area contributed by atoms with Gasteiger partial charge in [-0.25, -0.2) is 0 Å². The van der Waals surface area contributed by atoms with Gasteiger partial charge in [-0.3, -0.25) is 0 Å². The van der Waals surface area contributed by atoms with Crippen LogP contribution in [0, 0.1) is 0 Å². The maximum absolute atomic E-state index is 5.45. The first-order chi connectivity index (χ1) is 4.77. The van der Waals surface area contributed by atoms with Crippen molar-refractivity contribution >= 4 is 0 Å². The van der Waals surface area contributed by atoms with E-state index in [4.69, 9.17) is 9.47 Å². The van der Waals surface area contributed by atoms with E-state index < -0.39 is 0 Å². The Morgan fingerprint density at radius 2 is 2.10 bits per heavy atom. The topological polar surface area (TPSA) is 18.5 Å². The van der Waals surface area contributed by atoms with Crippen molar-refractivity contribution in [3.63, 3.8) is 0 Å². The van der Waals surface area contributed by atoms with Gasteiger partial charge in [0.25, 0.3) is 0 Å². The van der Waals surface area contributed by atoms with Gasteiger partial charge in [0.2, 0.25) is 0 Å². The van der Waals surface area contributed by atoms with Gasteiger partial charge in [0.05, 0.1) is 0 Å². The molecular weight excluding hydrogens is 128 g/mol. The van der Waals surface area contributed by atoms with E-state index in [1.807, 2.05) is 6.92 Å². The Labute approximate surface area is 61.8 Å². The molecule has 0 bridgehead atoms. The standard InChI is InChI=1S/C8H14O2/c1-4-7-6(3)9-8(5-2)10-7/h7-8H,3-5H2,1-2H3. The summed E-state index contributed by atoms with van der Waals surface area (Å²) in [5.41, 5.74) is 0. The third-order valence-electron chi connectivity index (χ3n) is 1.66. The lowest BCUT2D eigenvalue weighted by Crippen LogP contribution is -2.09. The molecule has 2 heteroatoms. The predicted octanol–water partition coefficient (Wildman–Crippen LogP) is 2.06. The van der Waals surface area contributed by atoms with Crippen molar-refractivity contribution in [1.82, 2.24) is 0 Å². The molecule has 1 rings (SSSR count). The summed E-state index contributed by atoms with van der Waals surface area (Å²) in [4.78, 5) is 0. The molecular formula is C8H14O2. The van der Waals surface area contributed by atoms with Crippen molar-refractivity contribution in [3.05, 3.63) is 12.3 Å². The first kappa shape index (κ1) is 7.61. The molecule has 1 fully saturated rings. The summed E-state index contributed by atoms with van der Waals surface area (Å²) >= 11 is 0. The summed E-state index contributed by atoms with van der Waals surface area (Å²) in [5, 5.41) is 0. The number of rotatable bonds is 2. The minimum absolute atomic E-state index is 0.0440. The molecule has 1 heterocycles. The van der Waals surface area contributed by atoms with E-state index in [2.05, 4.69) is 13.5 Å². The molecule has 10 heavy (non-hydrogen) atoms. The highest BCUT2D eigenvalue weighted by Gasteiger charge is 2.27. The molecule has 0 aromatic carbocycles. The van der Waals surface area contributed by atoms with Crippen LogP contribution in [0.4, 0.5) is 0 Å². The molecule has 1 saturated heterocycles. The van der Waals surface area contributed by atoms with E-state index >= 15 is 0 Å². The lowest BCUT2D eigenvalue weighted by molar-refractivity contribution is -0.0542. The maximum atomic E-state index is 5.45. The number of hydrogen-bond donors (Lipinski definition) is 0. The number of ether oxygens (including phenoxy) is 2. The summed E-state index contributed by atoms with van der Waals surface area (Å²) < 4.78 is 10.7. The van der Waals surface area contributed by atoms with Crippen LogP contribution in [-0.2, 0) is 9.47 Å². The van der Waals surface area contributed by atoms with Gasteiger partial charge in [-0.1, -0.05) is 20.4 Å². The van der Waals surface area contributed by atoms with E-state index in [1.54, 1.807) is 0 Å². The van der Waals surface area contributed by atoms with Gasteiger partial charge in [0, 0.05) is 6.42 Å². The van der Waals surface area contributed by atoms with Crippen LogP contribution in [0.5, 0.6) is 0 Å². The average Bonchev–Trinajstić information content (AvgIpc) is 2.30. The molecule has 2 unspecified atom stereocenters. The Morgan fingerprint density at radius 3 is 2.40 bits per heavy atom. The van der Waals surface area contributed by atoms with Gasteiger partial charge in [-0.05, 0) is 6.42 Å². The zero-order chi connectivity index (χ0) is 7.56. The largest absolute Gasteiger partial charge is 0.467 e. The lowest BCUT2D eigenvalue weighted by atomic mass is 10.2. The minimum atomic E-state index is -0.0440. The van der Waals surface area contributed by atoms with Crippen LogP contribution in [0.2, 0.25) is 0 Å².